The molecule has 2 N–H and O–H groups in total. The van der Waals surface area contributed by atoms with E-state index in [-0.39, 0.29) is 11.8 Å². The third-order valence-electron chi connectivity index (χ3n) is 4.21. The highest BCUT2D eigenvalue weighted by Gasteiger charge is 2.10. The van der Waals surface area contributed by atoms with E-state index >= 15 is 0 Å². The number of amides is 2. The summed E-state index contributed by atoms with van der Waals surface area (Å²) in [5.41, 5.74) is 3.66. The Bertz CT molecular complexity index is 932. The predicted molar refractivity (Wildman–Crippen MR) is 100.0 cm³/mol. The summed E-state index contributed by atoms with van der Waals surface area (Å²) < 4.78 is 2.03. The van der Waals surface area contributed by atoms with Gasteiger partial charge in [0.25, 0.3) is 11.8 Å². The molecule has 0 fully saturated rings. The van der Waals surface area contributed by atoms with Crippen molar-refractivity contribution in [1.29, 1.82) is 0 Å². The number of nitrogens with zero attached hydrogens (tertiary/aromatic N) is 2. The lowest BCUT2D eigenvalue weighted by atomic mass is 10.1. The maximum absolute atomic E-state index is 12.4. The molecule has 0 saturated heterocycles. The van der Waals surface area contributed by atoms with Gasteiger partial charge in [0.1, 0.15) is 0 Å². The maximum Gasteiger partial charge on any atom is 0.257 e. The molecule has 2 aromatic heterocycles. The Morgan fingerprint density at radius 3 is 2.54 bits per heavy atom. The highest BCUT2D eigenvalue weighted by atomic mass is 16.2. The van der Waals surface area contributed by atoms with E-state index in [2.05, 4.69) is 15.6 Å². The number of hydrogen-bond donors (Lipinski definition) is 2. The minimum atomic E-state index is -0.269. The van der Waals surface area contributed by atoms with Crippen molar-refractivity contribution in [3.8, 4) is 0 Å². The summed E-state index contributed by atoms with van der Waals surface area (Å²) in [5.74, 6) is -0.462. The maximum atomic E-state index is 12.4. The van der Waals surface area contributed by atoms with Crippen molar-refractivity contribution in [3.05, 3.63) is 83.4 Å². The van der Waals surface area contributed by atoms with Crippen LogP contribution in [-0.2, 0) is 13.6 Å². The van der Waals surface area contributed by atoms with Gasteiger partial charge in [-0.2, -0.15) is 0 Å². The van der Waals surface area contributed by atoms with Crippen molar-refractivity contribution in [2.24, 2.45) is 7.05 Å². The smallest absolute Gasteiger partial charge is 0.257 e. The van der Waals surface area contributed by atoms with E-state index in [1.807, 2.05) is 30.7 Å². The highest BCUT2D eigenvalue weighted by molar-refractivity contribution is 6.04. The van der Waals surface area contributed by atoms with Crippen LogP contribution < -0.4 is 10.6 Å². The fourth-order valence-electron chi connectivity index (χ4n) is 2.56. The molecule has 0 saturated carbocycles. The summed E-state index contributed by atoms with van der Waals surface area (Å²) in [6.07, 6.45) is 3.10. The molecule has 3 aromatic rings. The average Bonchev–Trinajstić information content (AvgIpc) is 2.99. The predicted octanol–water partition coefficient (Wildman–Crippen LogP) is 2.91. The number of rotatable bonds is 5. The molecule has 0 unspecified atom stereocenters. The quantitative estimate of drug-likeness (QED) is 0.744. The Morgan fingerprint density at radius 2 is 1.85 bits per heavy atom. The number of nitrogens with one attached hydrogen (secondary N) is 2. The molecule has 2 amide bonds. The van der Waals surface area contributed by atoms with Gasteiger partial charge in [0.2, 0.25) is 0 Å². The second-order valence-electron chi connectivity index (χ2n) is 5.98. The number of aromatic nitrogens is 2. The summed E-state index contributed by atoms with van der Waals surface area (Å²) in [4.78, 5) is 28.5. The second kappa shape index (κ2) is 7.65. The molecular formula is C20H20N4O2. The van der Waals surface area contributed by atoms with Gasteiger partial charge < -0.3 is 15.2 Å². The lowest BCUT2D eigenvalue weighted by molar-refractivity contribution is 0.0948. The normalized spacial score (nSPS) is 10.4. The van der Waals surface area contributed by atoms with Crippen molar-refractivity contribution >= 4 is 17.5 Å². The molecule has 26 heavy (non-hydrogen) atoms. The van der Waals surface area contributed by atoms with Crippen molar-refractivity contribution in [2.75, 3.05) is 5.32 Å². The molecule has 0 aliphatic rings. The van der Waals surface area contributed by atoms with E-state index in [4.69, 9.17) is 0 Å². The van der Waals surface area contributed by atoms with Crippen molar-refractivity contribution in [3.63, 3.8) is 0 Å². The topological polar surface area (TPSA) is 76.0 Å². The molecule has 1 aromatic carbocycles. The molecule has 6 nitrogen and oxygen atoms in total. The number of hydrogen-bond acceptors (Lipinski definition) is 3. The first kappa shape index (κ1) is 17.4. The Hall–Kier alpha value is -3.41. The average molecular weight is 348 g/mol. The molecule has 2 heterocycles. The van der Waals surface area contributed by atoms with Crippen LogP contribution in [0.5, 0.6) is 0 Å². The zero-order valence-corrected chi connectivity index (χ0v) is 14.7. The number of carbonyl (C=O) groups is 2. The van der Waals surface area contributed by atoms with Crippen molar-refractivity contribution < 1.29 is 9.59 Å². The van der Waals surface area contributed by atoms with Crippen LogP contribution in [0.4, 0.5) is 5.69 Å². The van der Waals surface area contributed by atoms with Crippen LogP contribution in [0.1, 0.15) is 32.1 Å². The molecule has 3 rings (SSSR count). The molecule has 132 valence electrons. The van der Waals surface area contributed by atoms with Crippen LogP contribution in [0.2, 0.25) is 0 Å². The summed E-state index contributed by atoms with van der Waals surface area (Å²) in [7, 11) is 1.96. The third kappa shape index (κ3) is 3.97. The van der Waals surface area contributed by atoms with Crippen LogP contribution in [0.25, 0.3) is 0 Å². The van der Waals surface area contributed by atoms with Gasteiger partial charge in [0.05, 0.1) is 12.1 Å². The number of benzene rings is 1. The minimum absolute atomic E-state index is 0.193. The summed E-state index contributed by atoms with van der Waals surface area (Å²) >= 11 is 0. The number of aryl methyl sites for hydroxylation is 1. The van der Waals surface area contributed by atoms with E-state index in [9.17, 15) is 9.59 Å². The van der Waals surface area contributed by atoms with Crippen LogP contribution in [0.15, 0.2) is 60.9 Å². The third-order valence-corrected chi connectivity index (χ3v) is 4.21. The zero-order chi connectivity index (χ0) is 18.5. The lowest BCUT2D eigenvalue weighted by Gasteiger charge is -2.09. The second-order valence-corrected chi connectivity index (χ2v) is 5.98. The molecule has 0 bridgehead atoms. The van der Waals surface area contributed by atoms with Gasteiger partial charge in [0, 0.05) is 42.1 Å². The Morgan fingerprint density at radius 1 is 1.04 bits per heavy atom. The van der Waals surface area contributed by atoms with Crippen molar-refractivity contribution in [1.82, 2.24) is 14.9 Å². The Kier molecular flexibility index (Phi) is 5.12. The fraction of sp³-hybridized carbons (Fsp3) is 0.150. The van der Waals surface area contributed by atoms with Gasteiger partial charge in [-0.1, -0.05) is 6.07 Å². The Balaban J connectivity index is 1.65. The van der Waals surface area contributed by atoms with Gasteiger partial charge >= 0.3 is 0 Å². The SMILES string of the molecule is Cc1ccc(CNC(=O)c2cccc(NC(=O)c3cccnc3)c2)n1C. The molecule has 0 atom stereocenters. The van der Waals surface area contributed by atoms with E-state index in [0.29, 0.717) is 23.4 Å². The van der Waals surface area contributed by atoms with E-state index < -0.39 is 0 Å². The largest absolute Gasteiger partial charge is 0.350 e. The first-order valence-corrected chi connectivity index (χ1v) is 8.25. The van der Waals surface area contributed by atoms with Gasteiger partial charge in [-0.25, -0.2) is 0 Å². The van der Waals surface area contributed by atoms with Crippen LogP contribution in [0.3, 0.4) is 0 Å². The first-order valence-electron chi connectivity index (χ1n) is 8.25. The van der Waals surface area contributed by atoms with Gasteiger partial charge in [-0.15, -0.1) is 0 Å². The molecule has 6 heteroatoms. The van der Waals surface area contributed by atoms with Crippen LogP contribution in [0, 0.1) is 6.92 Å². The highest BCUT2D eigenvalue weighted by Crippen LogP contribution is 2.13. The number of anilines is 1. The first-order chi connectivity index (χ1) is 12.5. The minimum Gasteiger partial charge on any atom is -0.350 e. The summed E-state index contributed by atoms with van der Waals surface area (Å²) in [6, 6.07) is 14.2. The molecule has 0 spiro atoms. The van der Waals surface area contributed by atoms with Crippen LogP contribution in [-0.4, -0.2) is 21.4 Å². The van der Waals surface area contributed by atoms with E-state index in [0.717, 1.165) is 11.4 Å². The van der Waals surface area contributed by atoms with Crippen molar-refractivity contribution in [2.45, 2.75) is 13.5 Å². The van der Waals surface area contributed by atoms with E-state index in [1.54, 1.807) is 42.6 Å². The standard InChI is InChI=1S/C20H20N4O2/c1-14-8-9-18(24(14)2)13-22-19(25)15-5-3-7-17(11-15)23-20(26)16-6-4-10-21-12-16/h3-12H,13H2,1-2H3,(H,22,25)(H,23,26). The Labute approximate surface area is 151 Å². The van der Waals surface area contributed by atoms with Gasteiger partial charge in [-0.3, -0.25) is 14.6 Å². The van der Waals surface area contributed by atoms with Gasteiger partial charge in [-0.05, 0) is 49.4 Å². The summed E-state index contributed by atoms with van der Waals surface area (Å²) in [6.45, 7) is 2.45. The number of pyridine rings is 1. The number of carbonyl (C=O) groups excluding carboxylic acids is 2. The van der Waals surface area contributed by atoms with Gasteiger partial charge in [0.15, 0.2) is 0 Å². The van der Waals surface area contributed by atoms with E-state index in [1.165, 1.54) is 6.20 Å². The fourth-order valence-corrected chi connectivity index (χ4v) is 2.56. The zero-order valence-electron chi connectivity index (χ0n) is 14.7. The molecule has 0 aliphatic carbocycles. The molecule has 0 aliphatic heterocycles. The molecular weight excluding hydrogens is 328 g/mol. The summed E-state index contributed by atoms with van der Waals surface area (Å²) in [5, 5.41) is 5.68. The lowest BCUT2D eigenvalue weighted by Crippen LogP contribution is -2.24. The monoisotopic (exact) mass is 348 g/mol. The van der Waals surface area contributed by atoms with Crippen LogP contribution >= 0.6 is 0 Å². The molecule has 0 radical (unpaired) electrons.